The van der Waals surface area contributed by atoms with Crippen molar-refractivity contribution in [2.24, 2.45) is 11.1 Å². The number of hydrogen-bond donors (Lipinski definition) is 0. The molecule has 0 bridgehead atoms. The summed E-state index contributed by atoms with van der Waals surface area (Å²) in [5.41, 5.74) is 2.67. The second-order valence-electron chi connectivity index (χ2n) is 5.68. The summed E-state index contributed by atoms with van der Waals surface area (Å²) in [5, 5.41) is 4.05. The minimum atomic E-state index is -0.432. The fourth-order valence-corrected chi connectivity index (χ4v) is 2.54. The number of benzene rings is 1. The molecule has 1 aliphatic heterocycles. The molecule has 0 amide bonds. The van der Waals surface area contributed by atoms with E-state index in [1.54, 1.807) is 7.11 Å². The monoisotopic (exact) mass is 323 g/mol. The first-order valence-electron chi connectivity index (χ1n) is 7.60. The number of methoxy groups -OCH3 is 1. The summed E-state index contributed by atoms with van der Waals surface area (Å²) in [6.45, 7) is 2.94. The van der Waals surface area contributed by atoms with E-state index in [2.05, 4.69) is 5.16 Å². The van der Waals surface area contributed by atoms with Gasteiger partial charge in [0.25, 0.3) is 0 Å². The van der Waals surface area contributed by atoms with Crippen molar-refractivity contribution in [3.8, 4) is 0 Å². The van der Waals surface area contributed by atoms with Gasteiger partial charge in [0, 0.05) is 26.4 Å². The Labute approximate surface area is 135 Å². The fourth-order valence-electron chi connectivity index (χ4n) is 2.54. The quantitative estimate of drug-likeness (QED) is 0.724. The van der Waals surface area contributed by atoms with Gasteiger partial charge in [-0.3, -0.25) is 9.18 Å². The second-order valence-corrected chi connectivity index (χ2v) is 5.68. The van der Waals surface area contributed by atoms with E-state index in [1.165, 1.54) is 6.92 Å². The molecular formula is C17H22FNO4. The summed E-state index contributed by atoms with van der Waals surface area (Å²) in [7, 11) is 1.58. The van der Waals surface area contributed by atoms with Crippen molar-refractivity contribution < 1.29 is 23.5 Å². The largest absolute Gasteiger partial charge is 0.462 e. The lowest BCUT2D eigenvalue weighted by Crippen LogP contribution is -2.18. The average molecular weight is 323 g/mol. The van der Waals surface area contributed by atoms with Gasteiger partial charge in [0.15, 0.2) is 6.10 Å². The summed E-state index contributed by atoms with van der Waals surface area (Å²) < 4.78 is 23.2. The van der Waals surface area contributed by atoms with Crippen LogP contribution in [0.1, 0.15) is 37.5 Å². The van der Waals surface area contributed by atoms with E-state index in [4.69, 9.17) is 14.3 Å². The van der Waals surface area contributed by atoms with Gasteiger partial charge in [-0.15, -0.1) is 0 Å². The first-order valence-corrected chi connectivity index (χ1v) is 7.60. The molecular weight excluding hydrogens is 301 g/mol. The standard InChI is InChI=1S/C17H22FNO4/c1-11(9-18)17(21-3)14-6-4-13(5-7-14)16-8-15(23-19-16)10-22-12(2)20/h4-7,11,15,17H,8-10H2,1-3H3/t11-,15+,17+/m1/s1. The van der Waals surface area contributed by atoms with Gasteiger partial charge in [-0.05, 0) is 11.1 Å². The zero-order chi connectivity index (χ0) is 16.8. The van der Waals surface area contributed by atoms with Crippen LogP contribution in [-0.4, -0.2) is 38.2 Å². The van der Waals surface area contributed by atoms with Gasteiger partial charge in [0.2, 0.25) is 0 Å². The summed E-state index contributed by atoms with van der Waals surface area (Å²) in [6, 6.07) is 7.67. The molecule has 6 heteroatoms. The van der Waals surface area contributed by atoms with Crippen LogP contribution in [0.2, 0.25) is 0 Å². The van der Waals surface area contributed by atoms with E-state index in [1.807, 2.05) is 31.2 Å². The molecule has 3 atom stereocenters. The Morgan fingerprint density at radius 1 is 1.43 bits per heavy atom. The van der Waals surface area contributed by atoms with Gasteiger partial charge in [0.1, 0.15) is 6.61 Å². The molecule has 126 valence electrons. The average Bonchev–Trinajstić information content (AvgIpc) is 3.03. The minimum absolute atomic E-state index is 0.195. The first-order chi connectivity index (χ1) is 11.0. The summed E-state index contributed by atoms with van der Waals surface area (Å²) in [6.07, 6.45) is 0.0701. The molecule has 1 heterocycles. The molecule has 0 saturated carbocycles. The maximum absolute atomic E-state index is 12.9. The molecule has 0 aliphatic carbocycles. The maximum atomic E-state index is 12.9. The molecule has 1 aliphatic rings. The van der Waals surface area contributed by atoms with Gasteiger partial charge in [0.05, 0.1) is 18.5 Å². The molecule has 0 unspecified atom stereocenters. The van der Waals surface area contributed by atoms with Crippen LogP contribution in [-0.2, 0) is 19.1 Å². The molecule has 0 fully saturated rings. The zero-order valence-electron chi connectivity index (χ0n) is 13.6. The van der Waals surface area contributed by atoms with Crippen molar-refractivity contribution in [1.29, 1.82) is 0 Å². The molecule has 0 aromatic heterocycles. The van der Waals surface area contributed by atoms with E-state index in [-0.39, 0.29) is 30.7 Å². The van der Waals surface area contributed by atoms with Crippen molar-refractivity contribution in [3.05, 3.63) is 35.4 Å². The highest BCUT2D eigenvalue weighted by Gasteiger charge is 2.24. The highest BCUT2D eigenvalue weighted by atomic mass is 19.1. The normalized spacial score (nSPS) is 19.7. The Bertz CT molecular complexity index is 558. The van der Waals surface area contributed by atoms with Crippen molar-refractivity contribution >= 4 is 11.7 Å². The third-order valence-electron chi connectivity index (χ3n) is 3.79. The number of carbonyl (C=O) groups is 1. The van der Waals surface area contributed by atoms with Gasteiger partial charge in [-0.1, -0.05) is 36.3 Å². The minimum Gasteiger partial charge on any atom is -0.462 e. The summed E-state index contributed by atoms with van der Waals surface area (Å²) in [4.78, 5) is 16.1. The van der Waals surface area contributed by atoms with Crippen molar-refractivity contribution in [2.75, 3.05) is 20.4 Å². The Morgan fingerprint density at radius 2 is 2.13 bits per heavy atom. The molecule has 1 aromatic rings. The Balaban J connectivity index is 1.99. The molecule has 0 N–H and O–H groups in total. The summed E-state index contributed by atoms with van der Waals surface area (Å²) >= 11 is 0. The number of nitrogens with zero attached hydrogens (tertiary/aromatic N) is 1. The molecule has 5 nitrogen and oxygen atoms in total. The number of esters is 1. The van der Waals surface area contributed by atoms with E-state index < -0.39 is 6.67 Å². The molecule has 23 heavy (non-hydrogen) atoms. The van der Waals surface area contributed by atoms with Gasteiger partial charge in [-0.25, -0.2) is 0 Å². The Morgan fingerprint density at radius 3 is 2.70 bits per heavy atom. The summed E-state index contributed by atoms with van der Waals surface area (Å²) in [5.74, 6) is -0.537. The van der Waals surface area contributed by atoms with E-state index in [0.717, 1.165) is 16.8 Å². The van der Waals surface area contributed by atoms with Gasteiger partial charge < -0.3 is 14.3 Å². The van der Waals surface area contributed by atoms with Crippen LogP contribution in [0.4, 0.5) is 4.39 Å². The number of oxime groups is 1. The highest BCUT2D eigenvalue weighted by Crippen LogP contribution is 2.27. The van der Waals surface area contributed by atoms with Crippen LogP contribution in [0.15, 0.2) is 29.4 Å². The maximum Gasteiger partial charge on any atom is 0.302 e. The van der Waals surface area contributed by atoms with Crippen molar-refractivity contribution in [1.82, 2.24) is 0 Å². The van der Waals surface area contributed by atoms with Crippen molar-refractivity contribution in [2.45, 2.75) is 32.5 Å². The molecule has 0 saturated heterocycles. The number of rotatable bonds is 7. The molecule has 2 rings (SSSR count). The molecule has 0 spiro atoms. The first kappa shape index (κ1) is 17.4. The number of carbonyl (C=O) groups excluding carboxylic acids is 1. The van der Waals surface area contributed by atoms with Crippen LogP contribution in [0.5, 0.6) is 0 Å². The lowest BCUT2D eigenvalue weighted by molar-refractivity contribution is -0.144. The number of alkyl halides is 1. The number of halogens is 1. The smallest absolute Gasteiger partial charge is 0.302 e. The SMILES string of the molecule is CO[C@H](c1ccc(C2=NO[C@H](COC(C)=O)C2)cc1)[C@H](C)CF. The van der Waals surface area contributed by atoms with Gasteiger partial charge in [-0.2, -0.15) is 0 Å². The Hall–Kier alpha value is -1.95. The Kier molecular flexibility index (Phi) is 6.10. The van der Waals surface area contributed by atoms with Crippen LogP contribution >= 0.6 is 0 Å². The van der Waals surface area contributed by atoms with Crippen LogP contribution < -0.4 is 0 Å². The van der Waals surface area contributed by atoms with Crippen LogP contribution in [0.3, 0.4) is 0 Å². The predicted octanol–water partition coefficient (Wildman–Crippen LogP) is 3.04. The van der Waals surface area contributed by atoms with E-state index >= 15 is 0 Å². The third kappa shape index (κ3) is 4.51. The predicted molar refractivity (Wildman–Crippen MR) is 84.0 cm³/mol. The zero-order valence-corrected chi connectivity index (χ0v) is 13.6. The van der Waals surface area contributed by atoms with Gasteiger partial charge >= 0.3 is 5.97 Å². The van der Waals surface area contributed by atoms with Crippen molar-refractivity contribution in [3.63, 3.8) is 0 Å². The topological polar surface area (TPSA) is 57.1 Å². The van der Waals surface area contributed by atoms with E-state index in [9.17, 15) is 9.18 Å². The third-order valence-corrected chi connectivity index (χ3v) is 3.79. The lowest BCUT2D eigenvalue weighted by Gasteiger charge is -2.20. The fraction of sp³-hybridized carbons (Fsp3) is 0.529. The molecule has 1 aromatic carbocycles. The van der Waals surface area contributed by atoms with Crippen LogP contribution in [0, 0.1) is 5.92 Å². The highest BCUT2D eigenvalue weighted by molar-refractivity contribution is 6.01. The second kappa shape index (κ2) is 8.06. The number of ether oxygens (including phenoxy) is 2. The number of hydrogen-bond acceptors (Lipinski definition) is 5. The van der Waals surface area contributed by atoms with E-state index in [0.29, 0.717) is 6.42 Å². The van der Waals surface area contributed by atoms with Crippen LogP contribution in [0.25, 0.3) is 0 Å². The lowest BCUT2D eigenvalue weighted by atomic mass is 9.96. The molecule has 0 radical (unpaired) electrons.